The molecule has 66 heavy (non-hydrogen) atoms. The van der Waals surface area contributed by atoms with Crippen LogP contribution in [0.5, 0.6) is 17.2 Å². The van der Waals surface area contributed by atoms with Crippen molar-refractivity contribution in [2.24, 2.45) is 30.7 Å². The summed E-state index contributed by atoms with van der Waals surface area (Å²) in [6.45, 7) is 0. The Bertz CT molecular complexity index is 3570. The number of carboxylic acid groups (broad SMARTS) is 3. The van der Waals surface area contributed by atoms with Crippen LogP contribution in [0, 0.1) is 0 Å². The van der Waals surface area contributed by atoms with Gasteiger partial charge in [-0.2, -0.15) is 30.4 Å². The molecule has 1 aromatic heterocycles. The minimum atomic E-state index is -5.29. The zero-order chi connectivity index (χ0) is 48.6. The van der Waals surface area contributed by atoms with Crippen LogP contribution in [0.25, 0.3) is 16.5 Å². The number of aromatic nitrogens is 2. The van der Waals surface area contributed by atoms with Crippen molar-refractivity contribution >= 4 is 93.2 Å². The quantitative estimate of drug-likeness (QED) is 0.0424. The zero-order valence-electron chi connectivity index (χ0n) is 32.8. The van der Waals surface area contributed by atoms with E-state index in [9.17, 15) is 78.5 Å². The molecular formula is C36H26N8O19S3. The molecule has 0 spiro atoms. The molecule has 6 rings (SSSR count). The number of carboxylic acids is 3. The second kappa shape index (κ2) is 17.7. The standard InChI is InChI=1S/C36H26N8O19S3/c1-62-25-14-27(65(56,57)58)26(63-2)13-24(25)40-37-16-3-7-22(20(11-16)34(47)48)38-41-29-28(66(59,60)61)10-15-9-17(4-6-19(15)32(29)45)44-33(46)30(31(43-44)36(51)52)42-39-23-8-5-18(64(53,54)55)12-21(23)35(49)50/h3-14,43,45H,1-2H3,(H,47,48)(H,49,50)(H,51,52)(H,53,54,55)(H,56,57,58)(H,59,60,61). The Morgan fingerprint density at radius 1 is 0.591 bits per heavy atom. The number of aromatic hydroxyl groups is 1. The predicted molar refractivity (Wildman–Crippen MR) is 221 cm³/mol. The number of benzene rings is 5. The Hall–Kier alpha value is -8.29. The van der Waals surface area contributed by atoms with Gasteiger partial charge in [0.05, 0.1) is 41.6 Å². The van der Waals surface area contributed by atoms with E-state index in [1.807, 2.05) is 0 Å². The fourth-order valence-electron chi connectivity index (χ4n) is 5.85. The lowest BCUT2D eigenvalue weighted by Gasteiger charge is -2.11. The Morgan fingerprint density at radius 3 is 1.73 bits per heavy atom. The van der Waals surface area contributed by atoms with Crippen molar-refractivity contribution in [1.29, 1.82) is 0 Å². The van der Waals surface area contributed by atoms with E-state index in [1.165, 1.54) is 6.07 Å². The van der Waals surface area contributed by atoms with Crippen LogP contribution >= 0.6 is 0 Å². The molecule has 0 aliphatic rings. The summed E-state index contributed by atoms with van der Waals surface area (Å²) in [6.07, 6.45) is 0. The third-order valence-electron chi connectivity index (χ3n) is 8.89. The number of nitrogens with one attached hydrogen (secondary N) is 1. The fourth-order valence-corrected chi connectivity index (χ4v) is 7.67. The summed E-state index contributed by atoms with van der Waals surface area (Å²) in [5.41, 5.74) is -6.75. The summed E-state index contributed by atoms with van der Waals surface area (Å²) in [7, 11) is -12.6. The van der Waals surface area contributed by atoms with Gasteiger partial charge in [-0.25, -0.2) is 19.1 Å². The van der Waals surface area contributed by atoms with Gasteiger partial charge in [0.2, 0.25) is 0 Å². The Balaban J connectivity index is 1.38. The number of rotatable bonds is 15. The molecule has 0 aliphatic heterocycles. The highest BCUT2D eigenvalue weighted by Crippen LogP contribution is 2.43. The largest absolute Gasteiger partial charge is 0.505 e. The zero-order valence-corrected chi connectivity index (χ0v) is 35.3. The van der Waals surface area contributed by atoms with E-state index in [1.54, 1.807) is 0 Å². The number of fused-ring (bicyclic) bond motifs is 1. The monoisotopic (exact) mass is 970 g/mol. The van der Waals surface area contributed by atoms with Gasteiger partial charge in [-0.15, -0.1) is 25.6 Å². The van der Waals surface area contributed by atoms with Gasteiger partial charge in [0.1, 0.15) is 44.0 Å². The van der Waals surface area contributed by atoms with Crippen LogP contribution in [0.1, 0.15) is 31.2 Å². The number of aromatic amines is 1. The Morgan fingerprint density at radius 2 is 1.17 bits per heavy atom. The molecule has 0 bridgehead atoms. The molecule has 0 amide bonds. The first kappa shape index (κ1) is 47.2. The van der Waals surface area contributed by atoms with Crippen molar-refractivity contribution in [1.82, 2.24) is 9.78 Å². The molecule has 0 unspecified atom stereocenters. The third-order valence-corrected chi connectivity index (χ3v) is 11.5. The number of aromatic carboxylic acids is 3. The molecule has 0 radical (unpaired) electrons. The summed E-state index contributed by atoms with van der Waals surface area (Å²) in [6, 6.07) is 11.4. The lowest BCUT2D eigenvalue weighted by Crippen LogP contribution is -2.14. The number of azo groups is 3. The van der Waals surface area contributed by atoms with Crippen LogP contribution in [0.4, 0.5) is 34.1 Å². The number of H-pyrrole nitrogens is 1. The molecule has 0 fully saturated rings. The summed E-state index contributed by atoms with van der Waals surface area (Å²) in [5, 5.41) is 64.9. The molecule has 0 saturated carbocycles. The maximum Gasteiger partial charge on any atom is 0.356 e. The number of phenolic OH excluding ortho intramolecular Hbond substituents is 1. The fraction of sp³-hybridized carbons (Fsp3) is 0.0556. The van der Waals surface area contributed by atoms with Crippen LogP contribution in [-0.4, -0.2) is 101 Å². The van der Waals surface area contributed by atoms with E-state index >= 15 is 0 Å². The normalized spacial score (nSPS) is 12.4. The number of ether oxygens (including phenoxy) is 2. The molecule has 0 atom stereocenters. The van der Waals surface area contributed by atoms with E-state index < -0.39 is 114 Å². The highest BCUT2D eigenvalue weighted by atomic mass is 32.2. The van der Waals surface area contributed by atoms with E-state index in [4.69, 9.17) is 9.47 Å². The van der Waals surface area contributed by atoms with Gasteiger partial charge >= 0.3 is 17.9 Å². The molecule has 1 heterocycles. The topological polar surface area (TPSA) is 426 Å². The highest BCUT2D eigenvalue weighted by Gasteiger charge is 2.26. The van der Waals surface area contributed by atoms with Crippen LogP contribution in [0.3, 0.4) is 0 Å². The first-order valence-electron chi connectivity index (χ1n) is 17.4. The van der Waals surface area contributed by atoms with Crippen molar-refractivity contribution in [3.63, 3.8) is 0 Å². The van der Waals surface area contributed by atoms with Crippen molar-refractivity contribution in [2.45, 2.75) is 14.7 Å². The number of phenols is 1. The number of hydrogen-bond acceptors (Lipinski definition) is 19. The minimum absolute atomic E-state index is 0.111. The predicted octanol–water partition coefficient (Wildman–Crippen LogP) is 6.12. The smallest absolute Gasteiger partial charge is 0.356 e. The maximum absolute atomic E-state index is 13.5. The second-order valence-corrected chi connectivity index (χ2v) is 17.2. The average Bonchev–Trinajstić information content (AvgIpc) is 3.58. The van der Waals surface area contributed by atoms with Crippen LogP contribution in [-0.2, 0) is 30.4 Å². The lowest BCUT2D eigenvalue weighted by molar-refractivity contribution is 0.0681. The molecule has 30 heteroatoms. The van der Waals surface area contributed by atoms with Crippen LogP contribution < -0.4 is 15.0 Å². The van der Waals surface area contributed by atoms with E-state index in [0.29, 0.717) is 10.7 Å². The van der Waals surface area contributed by atoms with Gasteiger partial charge < -0.3 is 29.9 Å². The molecule has 27 nitrogen and oxygen atoms in total. The molecule has 342 valence electrons. The van der Waals surface area contributed by atoms with Crippen molar-refractivity contribution in [3.8, 4) is 22.9 Å². The number of methoxy groups -OCH3 is 2. The summed E-state index contributed by atoms with van der Waals surface area (Å²) >= 11 is 0. The lowest BCUT2D eigenvalue weighted by atomic mass is 10.1. The van der Waals surface area contributed by atoms with Gasteiger partial charge in [-0.3, -0.25) is 23.6 Å². The Labute approximate surface area is 367 Å². The van der Waals surface area contributed by atoms with Gasteiger partial charge in [-0.1, -0.05) is 0 Å². The molecule has 0 aliphatic carbocycles. The summed E-state index contributed by atoms with van der Waals surface area (Å²) in [4.78, 5) is 47.1. The molecule has 0 saturated heterocycles. The molecule has 8 N–H and O–H groups in total. The third kappa shape index (κ3) is 9.61. The molecule has 6 aromatic rings. The minimum Gasteiger partial charge on any atom is -0.505 e. The number of hydrogen-bond donors (Lipinski definition) is 8. The average molecular weight is 971 g/mol. The van der Waals surface area contributed by atoms with Crippen molar-refractivity contribution < 1.29 is 83.2 Å². The van der Waals surface area contributed by atoms with E-state index in [0.717, 1.165) is 74.9 Å². The highest BCUT2D eigenvalue weighted by molar-refractivity contribution is 7.86. The first-order chi connectivity index (χ1) is 30.8. The van der Waals surface area contributed by atoms with Gasteiger partial charge in [0.15, 0.2) is 17.1 Å². The van der Waals surface area contributed by atoms with Gasteiger partial charge in [0.25, 0.3) is 35.9 Å². The van der Waals surface area contributed by atoms with Crippen molar-refractivity contribution in [2.75, 3.05) is 14.2 Å². The first-order valence-corrected chi connectivity index (χ1v) is 21.7. The van der Waals surface area contributed by atoms with Crippen LogP contribution in [0.2, 0.25) is 0 Å². The molecule has 5 aromatic carbocycles. The van der Waals surface area contributed by atoms with Crippen LogP contribution in [0.15, 0.2) is 123 Å². The number of nitrogens with zero attached hydrogens (tertiary/aromatic N) is 7. The second-order valence-electron chi connectivity index (χ2n) is 12.9. The molecular weight excluding hydrogens is 945 g/mol. The number of carbonyl (C=O) groups is 3. The summed E-state index contributed by atoms with van der Waals surface area (Å²) in [5.74, 6) is -6.54. The SMILES string of the molecule is COc1cc(S(=O)(=O)O)c(OC)cc1N=Nc1ccc(N=Nc2c(S(=O)(=O)O)cc3cc(-n4[nH]c(C(=O)O)c(N=Nc5ccc(S(=O)(=O)O)cc5C(=O)O)c4=O)ccc3c2O)c(C(=O)O)c1. The maximum atomic E-state index is 13.5. The Kier molecular flexibility index (Phi) is 12.7. The van der Waals surface area contributed by atoms with Gasteiger partial charge in [-0.05, 0) is 66.0 Å². The summed E-state index contributed by atoms with van der Waals surface area (Å²) < 4.78 is 111. The van der Waals surface area contributed by atoms with E-state index in [-0.39, 0.29) is 39.3 Å². The van der Waals surface area contributed by atoms with E-state index in [2.05, 4.69) is 35.8 Å². The van der Waals surface area contributed by atoms with Crippen molar-refractivity contribution in [3.05, 3.63) is 100.0 Å². The van der Waals surface area contributed by atoms with Gasteiger partial charge in [0, 0.05) is 17.5 Å².